The van der Waals surface area contributed by atoms with Crippen LogP contribution < -0.4 is 4.90 Å². The highest BCUT2D eigenvalue weighted by molar-refractivity contribution is 7.89. The van der Waals surface area contributed by atoms with Crippen LogP contribution in [0.5, 0.6) is 0 Å². The van der Waals surface area contributed by atoms with Crippen LogP contribution in [0.4, 0.5) is 10.2 Å². The van der Waals surface area contributed by atoms with E-state index in [1.54, 1.807) is 24.3 Å². The Bertz CT molecular complexity index is 1080. The van der Waals surface area contributed by atoms with Crippen molar-refractivity contribution in [1.82, 2.24) is 14.3 Å². The first-order valence-corrected chi connectivity index (χ1v) is 10.2. The van der Waals surface area contributed by atoms with Crippen LogP contribution in [0.15, 0.2) is 53.7 Å². The van der Waals surface area contributed by atoms with Crippen LogP contribution in [0.3, 0.4) is 0 Å². The van der Waals surface area contributed by atoms with Crippen LogP contribution in [0.2, 0.25) is 5.02 Å². The number of benzene rings is 2. The lowest BCUT2D eigenvalue weighted by Gasteiger charge is -2.35. The Balaban J connectivity index is 1.56. The van der Waals surface area contributed by atoms with Crippen LogP contribution in [-0.2, 0) is 10.0 Å². The SMILES string of the molecule is O=S(=O)(c1ccc(Cl)cc1)N1CCN(c2ncnc3c(F)cccc23)CC1. The van der Waals surface area contributed by atoms with Gasteiger partial charge < -0.3 is 4.90 Å². The molecule has 2 heterocycles. The summed E-state index contributed by atoms with van der Waals surface area (Å²) >= 11 is 5.84. The van der Waals surface area contributed by atoms with E-state index in [4.69, 9.17) is 11.6 Å². The lowest BCUT2D eigenvalue weighted by atomic mass is 10.2. The van der Waals surface area contributed by atoms with Crippen molar-refractivity contribution in [2.45, 2.75) is 4.90 Å². The van der Waals surface area contributed by atoms with E-state index in [0.29, 0.717) is 42.4 Å². The molecule has 0 aliphatic carbocycles. The molecule has 0 atom stereocenters. The zero-order valence-electron chi connectivity index (χ0n) is 14.2. The standard InChI is InChI=1S/C18H16ClFN4O2S/c19-13-4-6-14(7-5-13)27(25,26)24-10-8-23(9-11-24)18-15-2-1-3-16(20)17(15)21-12-22-18/h1-7,12H,8-11H2. The van der Waals surface area contributed by atoms with E-state index in [2.05, 4.69) is 9.97 Å². The zero-order valence-corrected chi connectivity index (χ0v) is 15.8. The van der Waals surface area contributed by atoms with E-state index < -0.39 is 15.8 Å². The van der Waals surface area contributed by atoms with Gasteiger partial charge in [-0.05, 0) is 36.4 Å². The van der Waals surface area contributed by atoms with Crippen molar-refractivity contribution in [1.29, 1.82) is 0 Å². The average molecular weight is 407 g/mol. The summed E-state index contributed by atoms with van der Waals surface area (Å²) in [6.45, 7) is 1.53. The summed E-state index contributed by atoms with van der Waals surface area (Å²) in [5, 5.41) is 1.10. The van der Waals surface area contributed by atoms with Crippen LogP contribution in [-0.4, -0.2) is 48.9 Å². The monoisotopic (exact) mass is 406 g/mol. The molecular formula is C18H16ClFN4O2S. The highest BCUT2D eigenvalue weighted by Gasteiger charge is 2.29. The summed E-state index contributed by atoms with van der Waals surface area (Å²) in [7, 11) is -3.58. The second-order valence-electron chi connectivity index (χ2n) is 6.18. The summed E-state index contributed by atoms with van der Waals surface area (Å²) in [6.07, 6.45) is 1.33. The molecule has 1 aliphatic heterocycles. The van der Waals surface area contributed by atoms with E-state index in [1.165, 1.54) is 28.8 Å². The number of piperazine rings is 1. The van der Waals surface area contributed by atoms with Crippen molar-refractivity contribution in [3.8, 4) is 0 Å². The number of hydrogen-bond donors (Lipinski definition) is 0. The van der Waals surface area contributed by atoms with Gasteiger partial charge in [0.15, 0.2) is 0 Å². The molecular weight excluding hydrogens is 391 g/mol. The van der Waals surface area contributed by atoms with Crippen molar-refractivity contribution in [2.75, 3.05) is 31.1 Å². The first-order valence-electron chi connectivity index (χ1n) is 8.37. The Morgan fingerprint density at radius 3 is 2.37 bits per heavy atom. The molecule has 0 unspecified atom stereocenters. The zero-order chi connectivity index (χ0) is 19.0. The van der Waals surface area contributed by atoms with E-state index in [9.17, 15) is 12.8 Å². The number of rotatable bonds is 3. The van der Waals surface area contributed by atoms with Gasteiger partial charge in [-0.3, -0.25) is 0 Å². The summed E-state index contributed by atoms with van der Waals surface area (Å²) in [6, 6.07) is 10.9. The second-order valence-corrected chi connectivity index (χ2v) is 8.55. The molecule has 2 aromatic carbocycles. The minimum atomic E-state index is -3.58. The van der Waals surface area contributed by atoms with Gasteiger partial charge in [0, 0.05) is 36.6 Å². The smallest absolute Gasteiger partial charge is 0.243 e. The van der Waals surface area contributed by atoms with Gasteiger partial charge >= 0.3 is 0 Å². The van der Waals surface area contributed by atoms with Gasteiger partial charge in [-0.1, -0.05) is 17.7 Å². The maximum absolute atomic E-state index is 14.0. The van der Waals surface area contributed by atoms with Gasteiger partial charge in [0.1, 0.15) is 23.5 Å². The van der Waals surface area contributed by atoms with Crippen molar-refractivity contribution in [3.05, 3.63) is 59.6 Å². The molecule has 0 bridgehead atoms. The number of anilines is 1. The molecule has 0 saturated carbocycles. The first kappa shape index (κ1) is 18.1. The Kier molecular flexibility index (Phi) is 4.71. The van der Waals surface area contributed by atoms with Gasteiger partial charge in [0.25, 0.3) is 0 Å². The average Bonchev–Trinajstić information content (AvgIpc) is 2.68. The van der Waals surface area contributed by atoms with Crippen molar-refractivity contribution < 1.29 is 12.8 Å². The van der Waals surface area contributed by atoms with Crippen molar-refractivity contribution >= 4 is 38.3 Å². The lowest BCUT2D eigenvalue weighted by Crippen LogP contribution is -2.49. The summed E-state index contributed by atoms with van der Waals surface area (Å²) in [4.78, 5) is 10.5. The van der Waals surface area contributed by atoms with E-state index >= 15 is 0 Å². The molecule has 140 valence electrons. The third-order valence-electron chi connectivity index (χ3n) is 4.58. The normalized spacial score (nSPS) is 16.0. The van der Waals surface area contributed by atoms with Gasteiger partial charge in [0.2, 0.25) is 10.0 Å². The first-order chi connectivity index (χ1) is 13.0. The maximum Gasteiger partial charge on any atom is 0.243 e. The molecule has 6 nitrogen and oxygen atoms in total. The number of fused-ring (bicyclic) bond motifs is 1. The fourth-order valence-electron chi connectivity index (χ4n) is 3.19. The molecule has 1 aromatic heterocycles. The lowest BCUT2D eigenvalue weighted by molar-refractivity contribution is 0.384. The summed E-state index contributed by atoms with van der Waals surface area (Å²) in [5.41, 5.74) is 0.263. The highest BCUT2D eigenvalue weighted by Crippen LogP contribution is 2.27. The van der Waals surface area contributed by atoms with Crippen molar-refractivity contribution in [2.24, 2.45) is 0 Å². The quantitative estimate of drug-likeness (QED) is 0.669. The predicted molar refractivity (Wildman–Crippen MR) is 102 cm³/mol. The van der Waals surface area contributed by atoms with E-state index in [0.717, 1.165) is 0 Å². The number of halogens is 2. The Labute approximate surface area is 161 Å². The van der Waals surface area contributed by atoms with Gasteiger partial charge in [-0.25, -0.2) is 22.8 Å². The third-order valence-corrected chi connectivity index (χ3v) is 6.75. The van der Waals surface area contributed by atoms with Crippen molar-refractivity contribution in [3.63, 3.8) is 0 Å². The molecule has 1 saturated heterocycles. The fraction of sp³-hybridized carbons (Fsp3) is 0.222. The van der Waals surface area contributed by atoms with E-state index in [-0.39, 0.29) is 10.4 Å². The number of sulfonamides is 1. The summed E-state index contributed by atoms with van der Waals surface area (Å²) < 4.78 is 41.0. The molecule has 1 aliphatic rings. The molecule has 3 aromatic rings. The van der Waals surface area contributed by atoms with Crippen LogP contribution >= 0.6 is 11.6 Å². The van der Waals surface area contributed by atoms with Gasteiger partial charge in [-0.15, -0.1) is 0 Å². The fourth-order valence-corrected chi connectivity index (χ4v) is 4.73. The maximum atomic E-state index is 14.0. The molecule has 9 heteroatoms. The molecule has 27 heavy (non-hydrogen) atoms. The molecule has 0 amide bonds. The molecule has 0 spiro atoms. The minimum Gasteiger partial charge on any atom is -0.353 e. The van der Waals surface area contributed by atoms with Crippen LogP contribution in [0, 0.1) is 5.82 Å². The van der Waals surface area contributed by atoms with E-state index in [1.807, 2.05) is 4.90 Å². The topological polar surface area (TPSA) is 66.4 Å². The largest absolute Gasteiger partial charge is 0.353 e. The molecule has 0 radical (unpaired) electrons. The number of aromatic nitrogens is 2. The molecule has 0 N–H and O–H groups in total. The Morgan fingerprint density at radius 1 is 0.963 bits per heavy atom. The van der Waals surface area contributed by atoms with Crippen LogP contribution in [0.1, 0.15) is 0 Å². The predicted octanol–water partition coefficient (Wildman–Crippen LogP) is 2.93. The van der Waals surface area contributed by atoms with Gasteiger partial charge in [-0.2, -0.15) is 4.31 Å². The van der Waals surface area contributed by atoms with Crippen LogP contribution in [0.25, 0.3) is 10.9 Å². The van der Waals surface area contributed by atoms with Gasteiger partial charge in [0.05, 0.1) is 4.90 Å². The Hall–Kier alpha value is -2.29. The number of hydrogen-bond acceptors (Lipinski definition) is 5. The highest BCUT2D eigenvalue weighted by atomic mass is 35.5. The Morgan fingerprint density at radius 2 is 1.67 bits per heavy atom. The molecule has 4 rings (SSSR count). The second kappa shape index (κ2) is 7.03. The summed E-state index contributed by atoms with van der Waals surface area (Å²) in [5.74, 6) is 0.211. The minimum absolute atomic E-state index is 0.218. The number of para-hydroxylation sites is 1. The number of nitrogens with zero attached hydrogens (tertiary/aromatic N) is 4. The molecule has 1 fully saturated rings. The third kappa shape index (κ3) is 3.36.